The number of rotatable bonds is 13. The molecule has 0 fully saturated rings. The minimum absolute atomic E-state index is 0.0813. The first kappa shape index (κ1) is 31.8. The summed E-state index contributed by atoms with van der Waals surface area (Å²) in [4.78, 5) is 30.4. The fraction of sp³-hybridized carbons (Fsp3) is 0.235. The number of likely N-dealkylation sites (N-methyl/N-ethyl adjacent to an activating group) is 1. The Labute approximate surface area is 259 Å². The zero-order chi connectivity index (χ0) is 30.8. The molecule has 0 aliphatic rings. The number of carbonyl (C=O) groups excluding carboxylic acids is 2. The predicted molar refractivity (Wildman–Crippen MR) is 174 cm³/mol. The van der Waals surface area contributed by atoms with Crippen LogP contribution >= 0.6 is 11.8 Å². The molecule has 0 bridgehead atoms. The molecular formula is C34H37N3O4S2. The maximum Gasteiger partial charge on any atom is 0.264 e. The van der Waals surface area contributed by atoms with Gasteiger partial charge in [0, 0.05) is 24.4 Å². The fourth-order valence-corrected chi connectivity index (χ4v) is 6.56. The van der Waals surface area contributed by atoms with Gasteiger partial charge in [-0.05, 0) is 67.6 Å². The molecule has 2 amide bonds. The predicted octanol–water partition coefficient (Wildman–Crippen LogP) is 5.69. The molecule has 9 heteroatoms. The highest BCUT2D eigenvalue weighted by molar-refractivity contribution is 7.98. The van der Waals surface area contributed by atoms with Gasteiger partial charge in [-0.25, -0.2) is 8.42 Å². The van der Waals surface area contributed by atoms with Crippen molar-refractivity contribution in [3.63, 3.8) is 0 Å². The highest BCUT2D eigenvalue weighted by atomic mass is 32.2. The summed E-state index contributed by atoms with van der Waals surface area (Å²) in [7, 11) is -4.13. The average molecular weight is 616 g/mol. The van der Waals surface area contributed by atoms with Gasteiger partial charge in [0.25, 0.3) is 10.0 Å². The molecule has 0 aliphatic carbocycles. The molecule has 4 aromatic rings. The molecule has 0 heterocycles. The smallest absolute Gasteiger partial charge is 0.264 e. The molecule has 0 aliphatic heterocycles. The van der Waals surface area contributed by atoms with E-state index in [1.165, 1.54) is 16.7 Å². The summed E-state index contributed by atoms with van der Waals surface area (Å²) in [5, 5.41) is 2.88. The number of hydrogen-bond donors (Lipinski definition) is 1. The van der Waals surface area contributed by atoms with Gasteiger partial charge in [0.15, 0.2) is 0 Å². The molecule has 0 unspecified atom stereocenters. The van der Waals surface area contributed by atoms with E-state index in [-0.39, 0.29) is 23.8 Å². The second kappa shape index (κ2) is 14.9. The van der Waals surface area contributed by atoms with Crippen molar-refractivity contribution in [3.05, 3.63) is 126 Å². The van der Waals surface area contributed by atoms with Gasteiger partial charge in [-0.15, -0.1) is 11.8 Å². The number of nitrogens with zero attached hydrogens (tertiary/aromatic N) is 2. The minimum atomic E-state index is -4.13. The lowest BCUT2D eigenvalue weighted by atomic mass is 10.0. The van der Waals surface area contributed by atoms with Crippen LogP contribution in [0.25, 0.3) is 0 Å². The van der Waals surface area contributed by atoms with E-state index >= 15 is 0 Å². The third-order valence-corrected chi connectivity index (χ3v) is 9.60. The molecule has 43 heavy (non-hydrogen) atoms. The van der Waals surface area contributed by atoms with Crippen LogP contribution in [0.1, 0.15) is 23.6 Å². The second-order valence-electron chi connectivity index (χ2n) is 10.1. The van der Waals surface area contributed by atoms with Crippen molar-refractivity contribution in [2.75, 3.05) is 23.7 Å². The van der Waals surface area contributed by atoms with E-state index in [4.69, 9.17) is 0 Å². The van der Waals surface area contributed by atoms with Gasteiger partial charge in [0.05, 0.1) is 10.6 Å². The molecular weight excluding hydrogens is 579 g/mol. The standard InChI is InChI=1S/C34H37N3O4S2/c1-4-35-34(39)32(23-27-11-7-5-8-12-27)36(24-28-13-9-6-10-14-28)33(38)25-37(29-17-15-26(2)16-18-29)43(40,41)31-21-19-30(42-3)20-22-31/h5-22,32H,4,23-25H2,1-3H3,(H,35,39)/t32-/m0/s1. The van der Waals surface area contributed by atoms with Crippen LogP contribution in [0.5, 0.6) is 0 Å². The largest absolute Gasteiger partial charge is 0.355 e. The van der Waals surface area contributed by atoms with Gasteiger partial charge in [-0.3, -0.25) is 13.9 Å². The maximum absolute atomic E-state index is 14.4. The number of carbonyl (C=O) groups is 2. The number of hydrogen-bond acceptors (Lipinski definition) is 5. The maximum atomic E-state index is 14.4. The topological polar surface area (TPSA) is 86.8 Å². The van der Waals surface area contributed by atoms with Crippen LogP contribution in [0.4, 0.5) is 5.69 Å². The van der Waals surface area contributed by atoms with Crippen LogP contribution in [0, 0.1) is 6.92 Å². The van der Waals surface area contributed by atoms with Gasteiger partial charge in [-0.2, -0.15) is 0 Å². The van der Waals surface area contributed by atoms with Crippen molar-refractivity contribution in [2.24, 2.45) is 0 Å². The molecule has 1 N–H and O–H groups in total. The summed E-state index contributed by atoms with van der Waals surface area (Å²) >= 11 is 1.51. The third-order valence-electron chi connectivity index (χ3n) is 7.07. The molecule has 4 aromatic carbocycles. The Hall–Kier alpha value is -4.08. The molecule has 0 radical (unpaired) electrons. The first-order valence-corrected chi connectivity index (χ1v) is 16.8. The summed E-state index contributed by atoms with van der Waals surface area (Å²) < 4.78 is 29.3. The van der Waals surface area contributed by atoms with E-state index in [9.17, 15) is 18.0 Å². The summed E-state index contributed by atoms with van der Waals surface area (Å²) in [6.45, 7) is 3.80. The van der Waals surface area contributed by atoms with Gasteiger partial charge >= 0.3 is 0 Å². The van der Waals surface area contributed by atoms with E-state index < -0.39 is 28.5 Å². The molecule has 0 aromatic heterocycles. The van der Waals surface area contributed by atoms with Crippen LogP contribution in [-0.2, 0) is 32.6 Å². The van der Waals surface area contributed by atoms with E-state index in [2.05, 4.69) is 5.32 Å². The Morgan fingerprint density at radius 1 is 0.814 bits per heavy atom. The highest BCUT2D eigenvalue weighted by Crippen LogP contribution is 2.27. The van der Waals surface area contributed by atoms with Gasteiger partial charge in [0.1, 0.15) is 12.6 Å². The zero-order valence-electron chi connectivity index (χ0n) is 24.6. The molecule has 4 rings (SSSR count). The first-order valence-electron chi connectivity index (χ1n) is 14.1. The Kier molecular flexibility index (Phi) is 11.0. The van der Waals surface area contributed by atoms with Crippen LogP contribution in [0.3, 0.4) is 0 Å². The van der Waals surface area contributed by atoms with E-state index in [1.54, 1.807) is 36.4 Å². The van der Waals surface area contributed by atoms with Crippen LogP contribution in [0.2, 0.25) is 0 Å². The van der Waals surface area contributed by atoms with Crippen molar-refractivity contribution in [1.82, 2.24) is 10.2 Å². The lowest BCUT2D eigenvalue weighted by molar-refractivity contribution is -0.140. The SMILES string of the molecule is CCNC(=O)[C@H](Cc1ccccc1)N(Cc1ccccc1)C(=O)CN(c1ccc(C)cc1)S(=O)(=O)c1ccc(SC)cc1. The highest BCUT2D eigenvalue weighted by Gasteiger charge is 2.34. The Morgan fingerprint density at radius 2 is 1.40 bits per heavy atom. The normalized spacial score (nSPS) is 11.9. The molecule has 0 spiro atoms. The number of sulfonamides is 1. The van der Waals surface area contributed by atoms with Crippen molar-refractivity contribution in [1.29, 1.82) is 0 Å². The van der Waals surface area contributed by atoms with Crippen LogP contribution in [-0.4, -0.2) is 50.5 Å². The average Bonchev–Trinajstić information content (AvgIpc) is 3.03. The lowest BCUT2D eigenvalue weighted by Gasteiger charge is -2.33. The summed E-state index contributed by atoms with van der Waals surface area (Å²) in [5.41, 5.74) is 3.05. The Morgan fingerprint density at radius 3 is 1.95 bits per heavy atom. The zero-order valence-corrected chi connectivity index (χ0v) is 26.3. The molecule has 0 saturated heterocycles. The van der Waals surface area contributed by atoms with Gasteiger partial charge < -0.3 is 10.2 Å². The fourth-order valence-electron chi connectivity index (χ4n) is 4.74. The lowest BCUT2D eigenvalue weighted by Crippen LogP contribution is -2.53. The minimum Gasteiger partial charge on any atom is -0.355 e. The third kappa shape index (κ3) is 8.27. The monoisotopic (exact) mass is 615 g/mol. The van der Waals surface area contributed by atoms with E-state index in [0.29, 0.717) is 12.2 Å². The molecule has 224 valence electrons. The van der Waals surface area contributed by atoms with Gasteiger partial charge in [0.2, 0.25) is 11.8 Å². The first-order chi connectivity index (χ1) is 20.7. The van der Waals surface area contributed by atoms with Crippen LogP contribution in [0.15, 0.2) is 119 Å². The molecule has 1 atom stereocenters. The second-order valence-corrected chi connectivity index (χ2v) is 12.9. The van der Waals surface area contributed by atoms with Crippen molar-refractivity contribution in [2.45, 2.75) is 42.6 Å². The summed E-state index contributed by atoms with van der Waals surface area (Å²) in [6, 6.07) is 31.7. The number of benzene rings is 4. The van der Waals surface area contributed by atoms with E-state index in [1.807, 2.05) is 92.9 Å². The van der Waals surface area contributed by atoms with Crippen molar-refractivity contribution >= 4 is 39.3 Å². The number of aryl methyl sites for hydroxylation is 1. The Bertz CT molecular complexity index is 1600. The summed E-state index contributed by atoms with van der Waals surface area (Å²) in [5.74, 6) is -0.783. The van der Waals surface area contributed by atoms with Crippen molar-refractivity contribution < 1.29 is 18.0 Å². The Balaban J connectivity index is 1.77. The molecule has 7 nitrogen and oxygen atoms in total. The summed E-state index contributed by atoms with van der Waals surface area (Å²) in [6.07, 6.45) is 2.20. The van der Waals surface area contributed by atoms with Crippen molar-refractivity contribution in [3.8, 4) is 0 Å². The number of nitrogens with one attached hydrogen (secondary N) is 1. The van der Waals surface area contributed by atoms with E-state index in [0.717, 1.165) is 25.9 Å². The number of thioether (sulfide) groups is 1. The quantitative estimate of drug-likeness (QED) is 0.195. The number of anilines is 1. The van der Waals surface area contributed by atoms with Gasteiger partial charge in [-0.1, -0.05) is 78.4 Å². The molecule has 0 saturated carbocycles. The number of amides is 2. The van der Waals surface area contributed by atoms with Crippen LogP contribution < -0.4 is 9.62 Å².